The SMILES string of the molecule is CC(C)(C)OC(=O)NCCC=Cc1ccc(F)cn1. The van der Waals surface area contributed by atoms with Crippen molar-refractivity contribution < 1.29 is 13.9 Å². The predicted octanol–water partition coefficient (Wildman–Crippen LogP) is 3.15. The van der Waals surface area contributed by atoms with Crippen molar-refractivity contribution in [2.24, 2.45) is 0 Å². The number of alkyl carbamates (subject to hydrolysis) is 1. The Morgan fingerprint density at radius 1 is 1.47 bits per heavy atom. The topological polar surface area (TPSA) is 51.2 Å². The number of nitrogens with zero attached hydrogens (tertiary/aromatic N) is 1. The maximum Gasteiger partial charge on any atom is 0.407 e. The van der Waals surface area contributed by atoms with Gasteiger partial charge in [0.2, 0.25) is 0 Å². The molecular formula is C14H19FN2O2. The third-order valence-electron chi connectivity index (χ3n) is 2.02. The first-order chi connectivity index (χ1) is 8.87. The summed E-state index contributed by atoms with van der Waals surface area (Å²) in [7, 11) is 0. The Hall–Kier alpha value is -1.91. The maximum absolute atomic E-state index is 12.6. The summed E-state index contributed by atoms with van der Waals surface area (Å²) in [5, 5.41) is 2.64. The summed E-state index contributed by atoms with van der Waals surface area (Å²) in [5.41, 5.74) is 0.191. The summed E-state index contributed by atoms with van der Waals surface area (Å²) in [6.45, 7) is 5.92. The molecule has 5 heteroatoms. The molecule has 0 aliphatic heterocycles. The highest BCUT2D eigenvalue weighted by atomic mass is 19.1. The fourth-order valence-electron chi connectivity index (χ4n) is 1.26. The first-order valence-corrected chi connectivity index (χ1v) is 6.12. The van der Waals surface area contributed by atoms with Crippen LogP contribution in [0.25, 0.3) is 6.08 Å². The number of hydrogen-bond acceptors (Lipinski definition) is 3. The summed E-state index contributed by atoms with van der Waals surface area (Å²) in [5.74, 6) is -0.358. The molecular weight excluding hydrogens is 247 g/mol. The number of aromatic nitrogens is 1. The van der Waals surface area contributed by atoms with Gasteiger partial charge in [-0.25, -0.2) is 9.18 Å². The van der Waals surface area contributed by atoms with Crippen molar-refractivity contribution in [3.8, 4) is 0 Å². The molecule has 1 aromatic heterocycles. The molecule has 0 saturated carbocycles. The quantitative estimate of drug-likeness (QED) is 0.852. The lowest BCUT2D eigenvalue weighted by Crippen LogP contribution is -2.32. The number of nitrogens with one attached hydrogen (secondary N) is 1. The highest BCUT2D eigenvalue weighted by molar-refractivity contribution is 5.67. The standard InChI is InChI=1S/C14H19FN2O2/c1-14(2,3)19-13(18)16-9-5-4-6-12-8-7-11(15)10-17-12/h4,6-8,10H,5,9H2,1-3H3,(H,16,18). The number of pyridine rings is 1. The van der Waals surface area contributed by atoms with Gasteiger partial charge in [0.1, 0.15) is 11.4 Å². The van der Waals surface area contributed by atoms with Crippen LogP contribution in [-0.2, 0) is 4.74 Å². The summed E-state index contributed by atoms with van der Waals surface area (Å²) in [4.78, 5) is 15.2. The average molecular weight is 266 g/mol. The van der Waals surface area contributed by atoms with Gasteiger partial charge in [-0.05, 0) is 45.4 Å². The zero-order chi connectivity index (χ0) is 14.3. The molecule has 0 aliphatic rings. The molecule has 0 aromatic carbocycles. The Morgan fingerprint density at radius 2 is 2.21 bits per heavy atom. The van der Waals surface area contributed by atoms with E-state index >= 15 is 0 Å². The molecule has 0 saturated heterocycles. The van der Waals surface area contributed by atoms with Gasteiger partial charge < -0.3 is 10.1 Å². The molecule has 0 bridgehead atoms. The number of halogens is 1. The van der Waals surface area contributed by atoms with E-state index in [4.69, 9.17) is 4.74 Å². The molecule has 0 unspecified atom stereocenters. The van der Waals surface area contributed by atoms with Crippen LogP contribution in [0.4, 0.5) is 9.18 Å². The van der Waals surface area contributed by atoms with Gasteiger partial charge in [-0.15, -0.1) is 0 Å². The van der Waals surface area contributed by atoms with Crippen molar-refractivity contribution in [2.75, 3.05) is 6.54 Å². The largest absolute Gasteiger partial charge is 0.444 e. The van der Waals surface area contributed by atoms with Gasteiger partial charge in [-0.1, -0.05) is 6.08 Å². The van der Waals surface area contributed by atoms with Crippen LogP contribution in [0.1, 0.15) is 32.9 Å². The van der Waals surface area contributed by atoms with Crippen LogP contribution in [0.5, 0.6) is 0 Å². The highest BCUT2D eigenvalue weighted by Crippen LogP contribution is 2.06. The fraction of sp³-hybridized carbons (Fsp3) is 0.429. The molecule has 19 heavy (non-hydrogen) atoms. The Balaban J connectivity index is 2.24. The number of carbonyl (C=O) groups excluding carboxylic acids is 1. The number of rotatable bonds is 4. The number of amides is 1. The van der Waals surface area contributed by atoms with Crippen molar-refractivity contribution in [3.05, 3.63) is 35.9 Å². The molecule has 1 amide bonds. The minimum atomic E-state index is -0.488. The van der Waals surface area contributed by atoms with E-state index in [0.29, 0.717) is 18.7 Å². The second-order valence-corrected chi connectivity index (χ2v) is 5.02. The molecule has 1 rings (SSSR count). The lowest BCUT2D eigenvalue weighted by atomic mass is 10.2. The molecule has 1 aromatic rings. The van der Waals surface area contributed by atoms with E-state index in [2.05, 4.69) is 10.3 Å². The van der Waals surface area contributed by atoms with E-state index in [1.54, 1.807) is 12.1 Å². The third-order valence-corrected chi connectivity index (χ3v) is 2.02. The van der Waals surface area contributed by atoms with E-state index in [-0.39, 0.29) is 5.82 Å². The smallest absolute Gasteiger partial charge is 0.407 e. The number of ether oxygens (including phenoxy) is 1. The van der Waals surface area contributed by atoms with Gasteiger partial charge in [-0.3, -0.25) is 4.98 Å². The van der Waals surface area contributed by atoms with Crippen molar-refractivity contribution >= 4 is 12.2 Å². The van der Waals surface area contributed by atoms with Crippen LogP contribution in [0, 0.1) is 5.82 Å². The zero-order valence-electron chi connectivity index (χ0n) is 11.4. The Morgan fingerprint density at radius 3 is 2.79 bits per heavy atom. The summed E-state index contributed by atoms with van der Waals surface area (Å²) in [6, 6.07) is 2.94. The van der Waals surface area contributed by atoms with Gasteiger partial charge in [0.25, 0.3) is 0 Å². The monoisotopic (exact) mass is 266 g/mol. The van der Waals surface area contributed by atoms with Crippen LogP contribution >= 0.6 is 0 Å². The molecule has 104 valence electrons. The van der Waals surface area contributed by atoms with Gasteiger partial charge in [0.05, 0.1) is 11.9 Å². The minimum Gasteiger partial charge on any atom is -0.444 e. The van der Waals surface area contributed by atoms with Crippen LogP contribution in [0.15, 0.2) is 24.4 Å². The Kier molecular flexibility index (Phi) is 5.48. The van der Waals surface area contributed by atoms with Gasteiger partial charge in [-0.2, -0.15) is 0 Å². The highest BCUT2D eigenvalue weighted by Gasteiger charge is 2.14. The number of carbonyl (C=O) groups is 1. The average Bonchev–Trinajstić information content (AvgIpc) is 2.29. The molecule has 0 atom stereocenters. The zero-order valence-corrected chi connectivity index (χ0v) is 11.4. The molecule has 4 nitrogen and oxygen atoms in total. The number of hydrogen-bond donors (Lipinski definition) is 1. The Bertz CT molecular complexity index is 436. The molecule has 0 spiro atoms. The molecule has 0 aliphatic carbocycles. The van der Waals surface area contributed by atoms with E-state index < -0.39 is 11.7 Å². The van der Waals surface area contributed by atoms with Crippen molar-refractivity contribution in [1.29, 1.82) is 0 Å². The fourth-order valence-corrected chi connectivity index (χ4v) is 1.26. The summed E-state index contributed by atoms with van der Waals surface area (Å²) in [6.07, 6.45) is 5.02. The van der Waals surface area contributed by atoms with Crippen LogP contribution < -0.4 is 5.32 Å². The maximum atomic E-state index is 12.6. The summed E-state index contributed by atoms with van der Waals surface area (Å²) >= 11 is 0. The van der Waals surface area contributed by atoms with Gasteiger partial charge >= 0.3 is 6.09 Å². The minimum absolute atomic E-state index is 0.358. The molecule has 1 heterocycles. The van der Waals surface area contributed by atoms with Gasteiger partial charge in [0.15, 0.2) is 0 Å². The van der Waals surface area contributed by atoms with E-state index in [1.165, 1.54) is 12.3 Å². The predicted molar refractivity (Wildman–Crippen MR) is 72.1 cm³/mol. The first-order valence-electron chi connectivity index (χ1n) is 6.12. The second-order valence-electron chi connectivity index (χ2n) is 5.02. The summed E-state index contributed by atoms with van der Waals surface area (Å²) < 4.78 is 17.7. The molecule has 0 radical (unpaired) electrons. The second kappa shape index (κ2) is 6.87. The van der Waals surface area contributed by atoms with Crippen molar-refractivity contribution in [3.63, 3.8) is 0 Å². The Labute approximate surface area is 112 Å². The molecule has 0 fully saturated rings. The lowest BCUT2D eigenvalue weighted by molar-refractivity contribution is 0.0529. The van der Waals surface area contributed by atoms with Crippen molar-refractivity contribution in [2.45, 2.75) is 32.8 Å². The first kappa shape index (κ1) is 15.1. The van der Waals surface area contributed by atoms with Gasteiger partial charge in [0, 0.05) is 6.54 Å². The van der Waals surface area contributed by atoms with Crippen LogP contribution in [-0.4, -0.2) is 23.2 Å². The van der Waals surface area contributed by atoms with E-state index in [0.717, 1.165) is 0 Å². The third kappa shape index (κ3) is 7.18. The molecule has 1 N–H and O–H groups in total. The van der Waals surface area contributed by atoms with Crippen molar-refractivity contribution in [1.82, 2.24) is 10.3 Å². The van der Waals surface area contributed by atoms with E-state index in [9.17, 15) is 9.18 Å². The van der Waals surface area contributed by atoms with Crippen LogP contribution in [0.2, 0.25) is 0 Å². The van der Waals surface area contributed by atoms with E-state index in [1.807, 2.05) is 26.8 Å². The van der Waals surface area contributed by atoms with Crippen LogP contribution in [0.3, 0.4) is 0 Å². The normalized spacial score (nSPS) is 11.6. The lowest BCUT2D eigenvalue weighted by Gasteiger charge is -2.19.